The summed E-state index contributed by atoms with van der Waals surface area (Å²) in [5.41, 5.74) is 2.80. The molecule has 3 aromatic carbocycles. The molecule has 0 bridgehead atoms. The molecule has 7 heteroatoms. The van der Waals surface area contributed by atoms with Crippen LogP contribution in [0.2, 0.25) is 5.02 Å². The Hall–Kier alpha value is -3.51. The van der Waals surface area contributed by atoms with Crippen LogP contribution in [0.25, 0.3) is 22.6 Å². The number of rotatable bonds is 6. The molecule has 0 aliphatic carbocycles. The fourth-order valence-corrected chi connectivity index (χ4v) is 2.90. The highest BCUT2D eigenvalue weighted by Crippen LogP contribution is 2.27. The van der Waals surface area contributed by atoms with E-state index in [1.54, 1.807) is 55.6 Å². The Labute approximate surface area is 172 Å². The third-order valence-electron chi connectivity index (χ3n) is 4.20. The van der Waals surface area contributed by atoms with E-state index in [4.69, 9.17) is 25.5 Å². The zero-order chi connectivity index (χ0) is 20.2. The number of nitrogens with zero attached hydrogens (tertiary/aromatic N) is 1. The highest BCUT2D eigenvalue weighted by Gasteiger charge is 2.10. The van der Waals surface area contributed by atoms with Gasteiger partial charge in [-0.2, -0.15) is 0 Å². The Morgan fingerprint density at radius 2 is 1.76 bits per heavy atom. The van der Waals surface area contributed by atoms with E-state index < -0.39 is 0 Å². The zero-order valence-corrected chi connectivity index (χ0v) is 16.3. The Kier molecular flexibility index (Phi) is 5.35. The van der Waals surface area contributed by atoms with Crippen molar-refractivity contribution in [1.82, 2.24) is 4.98 Å². The van der Waals surface area contributed by atoms with Gasteiger partial charge >= 0.3 is 0 Å². The summed E-state index contributed by atoms with van der Waals surface area (Å²) in [6.45, 7) is -0.0973. The fraction of sp³-hybridized carbons (Fsp3) is 0.0909. The summed E-state index contributed by atoms with van der Waals surface area (Å²) in [5, 5.41) is 3.38. The second-order valence-electron chi connectivity index (χ2n) is 6.22. The van der Waals surface area contributed by atoms with Crippen molar-refractivity contribution in [1.29, 1.82) is 0 Å². The molecule has 4 rings (SSSR count). The van der Waals surface area contributed by atoms with Crippen molar-refractivity contribution in [3.05, 3.63) is 71.8 Å². The van der Waals surface area contributed by atoms with Crippen molar-refractivity contribution in [2.45, 2.75) is 0 Å². The summed E-state index contributed by atoms with van der Waals surface area (Å²) in [5.74, 6) is 1.55. The van der Waals surface area contributed by atoms with E-state index in [1.165, 1.54) is 0 Å². The van der Waals surface area contributed by atoms with E-state index in [-0.39, 0.29) is 12.5 Å². The summed E-state index contributed by atoms with van der Waals surface area (Å²) in [7, 11) is 1.59. The number of amides is 1. The summed E-state index contributed by atoms with van der Waals surface area (Å²) < 4.78 is 16.3. The number of carbonyl (C=O) groups excluding carboxylic acids is 1. The number of carbonyl (C=O) groups is 1. The van der Waals surface area contributed by atoms with Crippen LogP contribution in [-0.2, 0) is 4.79 Å². The number of anilines is 1. The summed E-state index contributed by atoms with van der Waals surface area (Å²) in [6.07, 6.45) is 0. The maximum atomic E-state index is 12.1. The first-order chi connectivity index (χ1) is 14.1. The molecule has 0 aliphatic heterocycles. The third kappa shape index (κ3) is 4.50. The maximum absolute atomic E-state index is 12.1. The molecule has 0 unspecified atom stereocenters. The minimum atomic E-state index is -0.259. The van der Waals surface area contributed by atoms with Crippen molar-refractivity contribution in [3.63, 3.8) is 0 Å². The van der Waals surface area contributed by atoms with Crippen molar-refractivity contribution in [2.75, 3.05) is 19.0 Å². The minimum absolute atomic E-state index is 0.0973. The van der Waals surface area contributed by atoms with Gasteiger partial charge in [-0.25, -0.2) is 4.98 Å². The molecule has 1 heterocycles. The Morgan fingerprint density at radius 1 is 1.03 bits per heavy atom. The number of hydrogen-bond donors (Lipinski definition) is 1. The van der Waals surface area contributed by atoms with Gasteiger partial charge < -0.3 is 19.2 Å². The number of nitrogens with one attached hydrogen (secondary N) is 1. The van der Waals surface area contributed by atoms with Gasteiger partial charge in [0.05, 0.1) is 7.11 Å². The molecule has 0 aliphatic rings. The predicted molar refractivity (Wildman–Crippen MR) is 112 cm³/mol. The van der Waals surface area contributed by atoms with Gasteiger partial charge in [0.15, 0.2) is 12.2 Å². The quantitative estimate of drug-likeness (QED) is 0.476. The van der Waals surface area contributed by atoms with E-state index in [0.717, 1.165) is 16.8 Å². The largest absolute Gasteiger partial charge is 0.497 e. The van der Waals surface area contributed by atoms with Crippen molar-refractivity contribution >= 4 is 34.3 Å². The van der Waals surface area contributed by atoms with Crippen molar-refractivity contribution in [2.24, 2.45) is 0 Å². The van der Waals surface area contributed by atoms with E-state index in [1.807, 2.05) is 18.2 Å². The Bertz CT molecular complexity index is 1140. The highest BCUT2D eigenvalue weighted by atomic mass is 35.5. The van der Waals surface area contributed by atoms with Crippen LogP contribution < -0.4 is 14.8 Å². The molecular weight excluding hydrogens is 392 g/mol. The molecular formula is C22H17ClN2O4. The molecule has 1 amide bonds. The summed E-state index contributed by atoms with van der Waals surface area (Å²) in [6, 6.07) is 19.5. The normalized spacial score (nSPS) is 10.7. The van der Waals surface area contributed by atoms with Gasteiger partial charge in [-0.3, -0.25) is 4.79 Å². The standard InChI is InChI=1S/C22H17ClN2O4/c1-27-17-7-9-18(10-8-17)28-13-21(26)24-16-5-2-14(3-6-16)22-25-19-11-4-15(23)12-20(19)29-22/h2-12H,13H2,1H3,(H,24,26). The van der Waals surface area contributed by atoms with Gasteiger partial charge in [0.25, 0.3) is 5.91 Å². The molecule has 0 fully saturated rings. The molecule has 146 valence electrons. The molecule has 6 nitrogen and oxygen atoms in total. The topological polar surface area (TPSA) is 73.6 Å². The number of oxazole rings is 1. The van der Waals surface area contributed by atoms with E-state index in [0.29, 0.717) is 27.9 Å². The highest BCUT2D eigenvalue weighted by molar-refractivity contribution is 6.31. The molecule has 0 radical (unpaired) electrons. The van der Waals surface area contributed by atoms with Gasteiger partial charge in [-0.15, -0.1) is 0 Å². The number of hydrogen-bond acceptors (Lipinski definition) is 5. The minimum Gasteiger partial charge on any atom is -0.497 e. The summed E-state index contributed by atoms with van der Waals surface area (Å²) >= 11 is 5.98. The van der Waals surface area contributed by atoms with E-state index in [9.17, 15) is 4.79 Å². The lowest BCUT2D eigenvalue weighted by atomic mass is 10.2. The predicted octanol–water partition coefficient (Wildman–Crippen LogP) is 5.17. The van der Waals surface area contributed by atoms with Crippen molar-refractivity contribution in [3.8, 4) is 23.0 Å². The third-order valence-corrected chi connectivity index (χ3v) is 4.43. The fourth-order valence-electron chi connectivity index (χ4n) is 2.74. The molecule has 0 saturated heterocycles. The Morgan fingerprint density at radius 3 is 2.48 bits per heavy atom. The first-order valence-electron chi connectivity index (χ1n) is 8.84. The molecule has 0 atom stereocenters. The van der Waals surface area contributed by atoms with Gasteiger partial charge in [0, 0.05) is 22.3 Å². The zero-order valence-electron chi connectivity index (χ0n) is 15.5. The van der Waals surface area contributed by atoms with Gasteiger partial charge in [0.2, 0.25) is 5.89 Å². The number of methoxy groups -OCH3 is 1. The van der Waals surface area contributed by atoms with E-state index in [2.05, 4.69) is 10.3 Å². The molecule has 0 saturated carbocycles. The van der Waals surface area contributed by atoms with Crippen LogP contribution >= 0.6 is 11.6 Å². The van der Waals surface area contributed by atoms with Crippen LogP contribution in [-0.4, -0.2) is 24.6 Å². The second-order valence-corrected chi connectivity index (χ2v) is 6.66. The average Bonchev–Trinajstić information content (AvgIpc) is 3.16. The SMILES string of the molecule is COc1ccc(OCC(=O)Nc2ccc(-c3nc4ccc(Cl)cc4o3)cc2)cc1. The smallest absolute Gasteiger partial charge is 0.262 e. The number of benzene rings is 3. The van der Waals surface area contributed by atoms with Crippen LogP contribution in [0.3, 0.4) is 0 Å². The molecule has 4 aromatic rings. The molecule has 1 N–H and O–H groups in total. The van der Waals surface area contributed by atoms with Gasteiger partial charge in [0.1, 0.15) is 17.0 Å². The first kappa shape index (κ1) is 18.8. The van der Waals surface area contributed by atoms with Crippen LogP contribution in [0.1, 0.15) is 0 Å². The number of aromatic nitrogens is 1. The van der Waals surface area contributed by atoms with Crippen LogP contribution in [0, 0.1) is 0 Å². The molecule has 29 heavy (non-hydrogen) atoms. The lowest BCUT2D eigenvalue weighted by Crippen LogP contribution is -2.20. The van der Waals surface area contributed by atoms with Gasteiger partial charge in [-0.1, -0.05) is 11.6 Å². The molecule has 1 aromatic heterocycles. The number of halogens is 1. The average molecular weight is 409 g/mol. The lowest BCUT2D eigenvalue weighted by Gasteiger charge is -2.08. The summed E-state index contributed by atoms with van der Waals surface area (Å²) in [4.78, 5) is 16.6. The van der Waals surface area contributed by atoms with E-state index >= 15 is 0 Å². The lowest BCUT2D eigenvalue weighted by molar-refractivity contribution is -0.118. The van der Waals surface area contributed by atoms with Crippen LogP contribution in [0.5, 0.6) is 11.5 Å². The van der Waals surface area contributed by atoms with Crippen molar-refractivity contribution < 1.29 is 18.7 Å². The Balaban J connectivity index is 1.37. The number of ether oxygens (including phenoxy) is 2. The first-order valence-corrected chi connectivity index (χ1v) is 9.22. The second kappa shape index (κ2) is 8.24. The maximum Gasteiger partial charge on any atom is 0.262 e. The van der Waals surface area contributed by atoms with Gasteiger partial charge in [-0.05, 0) is 60.7 Å². The molecule has 0 spiro atoms. The monoisotopic (exact) mass is 408 g/mol. The van der Waals surface area contributed by atoms with Crippen LogP contribution in [0.15, 0.2) is 71.1 Å². The van der Waals surface area contributed by atoms with Crippen LogP contribution in [0.4, 0.5) is 5.69 Å². The number of fused-ring (bicyclic) bond motifs is 1.